The molecule has 1 aliphatic rings. The Labute approximate surface area is 142 Å². The highest BCUT2D eigenvalue weighted by molar-refractivity contribution is 7.91. The monoisotopic (exact) mass is 350 g/mol. The van der Waals surface area contributed by atoms with E-state index >= 15 is 0 Å². The summed E-state index contributed by atoms with van der Waals surface area (Å²) in [4.78, 5) is 26.1. The van der Waals surface area contributed by atoms with E-state index in [-0.39, 0.29) is 29.4 Å². The normalized spacial score (nSPS) is 18.8. The molecule has 1 heterocycles. The summed E-state index contributed by atoms with van der Waals surface area (Å²) in [6.45, 7) is 6.19. The van der Waals surface area contributed by atoms with Gasteiger partial charge in [-0.1, -0.05) is 6.08 Å². The molecule has 2 amide bonds. The maximum Gasteiger partial charge on any atom is 0.254 e. The largest absolute Gasteiger partial charge is 0.349 e. The minimum Gasteiger partial charge on any atom is -0.349 e. The number of carbonyl (C=O) groups excluding carboxylic acids is 2. The summed E-state index contributed by atoms with van der Waals surface area (Å²) in [7, 11) is -3.05. The number of nitrogens with one attached hydrogen (secondary N) is 1. The van der Waals surface area contributed by atoms with Crippen LogP contribution >= 0.6 is 0 Å². The summed E-state index contributed by atoms with van der Waals surface area (Å²) in [6, 6.07) is 6.09. The Morgan fingerprint density at radius 1 is 1.29 bits per heavy atom. The molecule has 24 heavy (non-hydrogen) atoms. The maximum absolute atomic E-state index is 12.6. The first kappa shape index (κ1) is 18.2. The molecular formula is C17H22N2O4S. The minimum atomic E-state index is -3.05. The van der Waals surface area contributed by atoms with Crippen molar-refractivity contribution in [2.75, 3.05) is 24.6 Å². The SMILES string of the molecule is C=CCNC(=O)c1ccc(C(=O)N(CC)C2CCS(=O)(=O)C2)cc1. The van der Waals surface area contributed by atoms with Gasteiger partial charge >= 0.3 is 0 Å². The van der Waals surface area contributed by atoms with Crippen molar-refractivity contribution < 1.29 is 18.0 Å². The molecule has 6 nitrogen and oxygen atoms in total. The third-order valence-electron chi connectivity index (χ3n) is 4.05. The van der Waals surface area contributed by atoms with Crippen LogP contribution in [-0.4, -0.2) is 55.8 Å². The molecule has 0 aliphatic carbocycles. The molecule has 1 atom stereocenters. The third-order valence-corrected chi connectivity index (χ3v) is 5.80. The summed E-state index contributed by atoms with van der Waals surface area (Å²) in [6.07, 6.45) is 2.06. The molecule has 2 rings (SSSR count). The number of carbonyl (C=O) groups is 2. The van der Waals surface area contributed by atoms with Gasteiger partial charge in [-0.05, 0) is 37.6 Å². The molecule has 1 fully saturated rings. The molecule has 0 bridgehead atoms. The van der Waals surface area contributed by atoms with Gasteiger partial charge in [0.1, 0.15) is 0 Å². The summed E-state index contributed by atoms with van der Waals surface area (Å²) < 4.78 is 23.3. The van der Waals surface area contributed by atoms with E-state index in [9.17, 15) is 18.0 Å². The lowest BCUT2D eigenvalue weighted by Crippen LogP contribution is -2.41. The first-order valence-corrected chi connectivity index (χ1v) is 9.70. The zero-order valence-electron chi connectivity index (χ0n) is 13.7. The van der Waals surface area contributed by atoms with Crippen LogP contribution in [0, 0.1) is 0 Å². The van der Waals surface area contributed by atoms with Gasteiger partial charge in [-0.2, -0.15) is 0 Å². The van der Waals surface area contributed by atoms with E-state index in [2.05, 4.69) is 11.9 Å². The van der Waals surface area contributed by atoms with Crippen LogP contribution in [0.3, 0.4) is 0 Å². The molecule has 1 aromatic rings. The average Bonchev–Trinajstić information content (AvgIpc) is 2.93. The second kappa shape index (κ2) is 7.61. The zero-order chi connectivity index (χ0) is 17.7. The second-order valence-corrected chi connectivity index (χ2v) is 7.95. The van der Waals surface area contributed by atoms with Crippen molar-refractivity contribution in [1.29, 1.82) is 0 Å². The van der Waals surface area contributed by atoms with E-state index in [4.69, 9.17) is 0 Å². The highest BCUT2D eigenvalue weighted by Crippen LogP contribution is 2.20. The van der Waals surface area contributed by atoms with Gasteiger partial charge in [-0.25, -0.2) is 8.42 Å². The molecule has 1 aromatic carbocycles. The van der Waals surface area contributed by atoms with Gasteiger partial charge < -0.3 is 10.2 Å². The minimum absolute atomic E-state index is 0.0224. The average molecular weight is 350 g/mol. The van der Waals surface area contributed by atoms with Gasteiger partial charge in [-0.15, -0.1) is 6.58 Å². The number of hydrogen-bond acceptors (Lipinski definition) is 4. The second-order valence-electron chi connectivity index (χ2n) is 5.72. The quantitative estimate of drug-likeness (QED) is 0.783. The van der Waals surface area contributed by atoms with Gasteiger partial charge in [0.15, 0.2) is 9.84 Å². The Balaban J connectivity index is 2.11. The predicted octanol–water partition coefficient (Wildman–Crippen LogP) is 1.25. The van der Waals surface area contributed by atoms with E-state index in [1.807, 2.05) is 6.92 Å². The van der Waals surface area contributed by atoms with Gasteiger partial charge in [0.05, 0.1) is 11.5 Å². The lowest BCUT2D eigenvalue weighted by atomic mass is 10.1. The van der Waals surface area contributed by atoms with Crippen molar-refractivity contribution in [3.8, 4) is 0 Å². The Hall–Kier alpha value is -2.15. The Kier molecular flexibility index (Phi) is 5.77. The van der Waals surface area contributed by atoms with Gasteiger partial charge in [-0.3, -0.25) is 9.59 Å². The molecule has 0 radical (unpaired) electrons. The van der Waals surface area contributed by atoms with E-state index in [0.717, 1.165) is 0 Å². The van der Waals surface area contributed by atoms with Gasteiger partial charge in [0, 0.05) is 30.3 Å². The smallest absolute Gasteiger partial charge is 0.254 e. The van der Waals surface area contributed by atoms with E-state index in [0.29, 0.717) is 30.6 Å². The highest BCUT2D eigenvalue weighted by atomic mass is 32.2. The van der Waals surface area contributed by atoms with Crippen LogP contribution in [0.2, 0.25) is 0 Å². The summed E-state index contributed by atoms with van der Waals surface area (Å²) in [5, 5.41) is 2.67. The van der Waals surface area contributed by atoms with Crippen LogP contribution in [0.25, 0.3) is 0 Å². The first-order chi connectivity index (χ1) is 11.4. The number of rotatable bonds is 6. The van der Waals surface area contributed by atoms with E-state index < -0.39 is 9.84 Å². The lowest BCUT2D eigenvalue weighted by molar-refractivity contribution is 0.0708. The zero-order valence-corrected chi connectivity index (χ0v) is 14.5. The fourth-order valence-electron chi connectivity index (χ4n) is 2.79. The van der Waals surface area contributed by atoms with Crippen molar-refractivity contribution in [3.63, 3.8) is 0 Å². The van der Waals surface area contributed by atoms with Crippen molar-refractivity contribution in [3.05, 3.63) is 48.0 Å². The third kappa shape index (κ3) is 4.23. The number of benzene rings is 1. The molecular weight excluding hydrogens is 328 g/mol. The van der Waals surface area contributed by atoms with Crippen LogP contribution in [0.1, 0.15) is 34.1 Å². The number of amides is 2. The molecule has 0 aromatic heterocycles. The van der Waals surface area contributed by atoms with Crippen molar-refractivity contribution in [2.24, 2.45) is 0 Å². The van der Waals surface area contributed by atoms with Gasteiger partial charge in [0.25, 0.3) is 11.8 Å². The fraction of sp³-hybridized carbons (Fsp3) is 0.412. The summed E-state index contributed by atoms with van der Waals surface area (Å²) in [5.41, 5.74) is 0.904. The van der Waals surface area contributed by atoms with Crippen LogP contribution in [0.15, 0.2) is 36.9 Å². The van der Waals surface area contributed by atoms with Crippen molar-refractivity contribution in [2.45, 2.75) is 19.4 Å². The predicted molar refractivity (Wildman–Crippen MR) is 92.7 cm³/mol. The van der Waals surface area contributed by atoms with Crippen molar-refractivity contribution >= 4 is 21.7 Å². The van der Waals surface area contributed by atoms with E-state index in [1.165, 1.54) is 0 Å². The highest BCUT2D eigenvalue weighted by Gasteiger charge is 2.34. The van der Waals surface area contributed by atoms with Gasteiger partial charge in [0.2, 0.25) is 0 Å². The maximum atomic E-state index is 12.6. The molecule has 1 unspecified atom stereocenters. The Morgan fingerprint density at radius 3 is 2.42 bits per heavy atom. The van der Waals surface area contributed by atoms with Crippen LogP contribution in [-0.2, 0) is 9.84 Å². The Morgan fingerprint density at radius 2 is 1.92 bits per heavy atom. The van der Waals surface area contributed by atoms with E-state index in [1.54, 1.807) is 35.2 Å². The molecule has 1 saturated heterocycles. The molecule has 1 N–H and O–H groups in total. The number of sulfone groups is 1. The first-order valence-electron chi connectivity index (χ1n) is 7.88. The molecule has 1 aliphatic heterocycles. The topological polar surface area (TPSA) is 83.6 Å². The molecule has 130 valence electrons. The van der Waals surface area contributed by atoms with Crippen LogP contribution in [0.5, 0.6) is 0 Å². The standard InChI is InChI=1S/C17H22N2O4S/c1-3-10-18-16(20)13-5-7-14(8-6-13)17(21)19(4-2)15-9-11-24(22,23)12-15/h3,5-8,15H,1,4,9-12H2,2H3,(H,18,20). The Bertz CT molecular complexity index is 725. The fourth-order valence-corrected chi connectivity index (χ4v) is 4.52. The molecule has 0 saturated carbocycles. The summed E-state index contributed by atoms with van der Waals surface area (Å²) in [5.74, 6) is -0.292. The molecule has 7 heteroatoms. The number of hydrogen-bond donors (Lipinski definition) is 1. The van der Waals surface area contributed by atoms with Crippen LogP contribution in [0.4, 0.5) is 0 Å². The molecule has 0 spiro atoms. The van der Waals surface area contributed by atoms with Crippen molar-refractivity contribution in [1.82, 2.24) is 10.2 Å². The number of nitrogens with zero attached hydrogens (tertiary/aromatic N) is 1. The van der Waals surface area contributed by atoms with Crippen LogP contribution < -0.4 is 5.32 Å². The lowest BCUT2D eigenvalue weighted by Gasteiger charge is -2.27. The summed E-state index contributed by atoms with van der Waals surface area (Å²) >= 11 is 0.